The third kappa shape index (κ3) is 6.61. The van der Waals surface area contributed by atoms with Gasteiger partial charge in [-0.15, -0.1) is 0 Å². The lowest BCUT2D eigenvalue weighted by Gasteiger charge is -2.25. The van der Waals surface area contributed by atoms with Gasteiger partial charge in [-0.3, -0.25) is 19.2 Å². The van der Waals surface area contributed by atoms with Crippen molar-refractivity contribution in [3.63, 3.8) is 0 Å². The summed E-state index contributed by atoms with van der Waals surface area (Å²) in [4.78, 5) is 56.1. The summed E-state index contributed by atoms with van der Waals surface area (Å²) in [5.41, 5.74) is 1.64. The zero-order chi connectivity index (χ0) is 25.7. The molecule has 0 saturated carbocycles. The van der Waals surface area contributed by atoms with Crippen LogP contribution < -0.4 is 10.2 Å². The summed E-state index contributed by atoms with van der Waals surface area (Å²) in [7, 11) is 3.90. The van der Waals surface area contributed by atoms with Crippen LogP contribution in [0.2, 0.25) is 0 Å². The second kappa shape index (κ2) is 11.7. The molecule has 3 rings (SSSR count). The molecule has 1 aromatic carbocycles. The lowest BCUT2D eigenvalue weighted by molar-refractivity contribution is -0.137. The third-order valence-electron chi connectivity index (χ3n) is 7.09. The largest absolute Gasteiger partial charge is 0.378 e. The molecule has 2 aliphatic rings. The fourth-order valence-electron chi connectivity index (χ4n) is 4.94. The minimum Gasteiger partial charge on any atom is -0.378 e. The monoisotopic (exact) mass is 484 g/mol. The second-order valence-corrected chi connectivity index (χ2v) is 10.6. The minimum atomic E-state index is -0.498. The Morgan fingerprint density at radius 2 is 1.71 bits per heavy atom. The molecule has 1 N–H and O–H groups in total. The lowest BCUT2D eigenvalue weighted by Crippen LogP contribution is -2.44. The van der Waals surface area contributed by atoms with E-state index in [9.17, 15) is 19.2 Å². The Hall–Kier alpha value is -2.90. The van der Waals surface area contributed by atoms with Crippen molar-refractivity contribution >= 4 is 29.2 Å². The van der Waals surface area contributed by atoms with Gasteiger partial charge in [0.1, 0.15) is 6.04 Å². The molecule has 3 amide bonds. The topological polar surface area (TPSA) is 90.0 Å². The number of nitrogens with one attached hydrogen (secondary N) is 1. The number of ketones is 1. The molecule has 0 spiro atoms. The zero-order valence-corrected chi connectivity index (χ0v) is 21.8. The molecule has 35 heavy (non-hydrogen) atoms. The van der Waals surface area contributed by atoms with E-state index < -0.39 is 6.04 Å². The summed E-state index contributed by atoms with van der Waals surface area (Å²) in [6, 6.07) is 6.74. The van der Waals surface area contributed by atoms with E-state index in [1.165, 1.54) is 0 Å². The fourth-order valence-corrected chi connectivity index (χ4v) is 4.94. The summed E-state index contributed by atoms with van der Waals surface area (Å²) in [6.07, 6.45) is 2.91. The number of Topliss-reactive ketones (excluding diaryl/α,β-unsaturated/α-hetero) is 1. The number of hydrogen-bond donors (Lipinski definition) is 1. The van der Waals surface area contributed by atoms with E-state index in [1.807, 2.05) is 38.1 Å². The number of benzene rings is 1. The molecule has 3 unspecified atom stereocenters. The highest BCUT2D eigenvalue weighted by Crippen LogP contribution is 2.31. The average Bonchev–Trinajstić information content (AvgIpc) is 3.38. The fraction of sp³-hybridized carbons (Fsp3) is 0.630. The predicted octanol–water partition coefficient (Wildman–Crippen LogP) is 2.72. The van der Waals surface area contributed by atoms with Gasteiger partial charge in [0.15, 0.2) is 5.78 Å². The van der Waals surface area contributed by atoms with E-state index in [0.29, 0.717) is 50.3 Å². The van der Waals surface area contributed by atoms with Gasteiger partial charge in [-0.1, -0.05) is 20.8 Å². The number of carbonyl (C=O) groups is 4. The summed E-state index contributed by atoms with van der Waals surface area (Å²) < 4.78 is 0. The normalized spacial score (nSPS) is 20.2. The number of amides is 3. The van der Waals surface area contributed by atoms with Crippen LogP contribution in [0.4, 0.5) is 5.69 Å². The Kier molecular flexibility index (Phi) is 8.92. The smallest absolute Gasteiger partial charge is 0.251 e. The van der Waals surface area contributed by atoms with Gasteiger partial charge in [-0.05, 0) is 55.4 Å². The SMILES string of the molecule is CC(C)CCC(=O)N1CC(=O)C2C1CCN2C(=O)CC(C)CCNC(=O)c1ccc(N(C)C)cc1. The van der Waals surface area contributed by atoms with Gasteiger partial charge in [0.25, 0.3) is 5.91 Å². The molecule has 8 heteroatoms. The molecule has 0 radical (unpaired) electrons. The maximum atomic E-state index is 13.0. The summed E-state index contributed by atoms with van der Waals surface area (Å²) in [6.45, 7) is 7.26. The molecule has 192 valence electrons. The van der Waals surface area contributed by atoms with Crippen molar-refractivity contribution in [3.8, 4) is 0 Å². The molecule has 2 aliphatic heterocycles. The molecule has 0 bridgehead atoms. The van der Waals surface area contributed by atoms with Gasteiger partial charge in [-0.25, -0.2) is 0 Å². The number of hydrogen-bond acceptors (Lipinski definition) is 5. The molecular weight excluding hydrogens is 444 g/mol. The van der Waals surface area contributed by atoms with Crippen LogP contribution in [0.5, 0.6) is 0 Å². The van der Waals surface area contributed by atoms with Crippen LogP contribution in [0, 0.1) is 11.8 Å². The number of carbonyl (C=O) groups excluding carboxylic acids is 4. The minimum absolute atomic E-state index is 0.0225. The van der Waals surface area contributed by atoms with Crippen LogP contribution in [0.15, 0.2) is 24.3 Å². The van der Waals surface area contributed by atoms with E-state index in [4.69, 9.17) is 0 Å². The second-order valence-electron chi connectivity index (χ2n) is 10.6. The number of likely N-dealkylation sites (tertiary alicyclic amines) is 2. The van der Waals surface area contributed by atoms with Gasteiger partial charge in [0.05, 0.1) is 12.6 Å². The Morgan fingerprint density at radius 3 is 2.34 bits per heavy atom. The van der Waals surface area contributed by atoms with Crippen LogP contribution in [0.1, 0.15) is 63.2 Å². The molecule has 2 saturated heterocycles. The van der Waals surface area contributed by atoms with Gasteiger partial charge in [0.2, 0.25) is 11.8 Å². The number of fused-ring (bicyclic) bond motifs is 1. The van der Waals surface area contributed by atoms with Gasteiger partial charge in [-0.2, -0.15) is 0 Å². The van der Waals surface area contributed by atoms with Gasteiger partial charge in [0, 0.05) is 51.3 Å². The predicted molar refractivity (Wildman–Crippen MR) is 136 cm³/mol. The van der Waals surface area contributed by atoms with Crippen molar-refractivity contribution in [3.05, 3.63) is 29.8 Å². The molecule has 0 aromatic heterocycles. The molecule has 3 atom stereocenters. The molecule has 1 aromatic rings. The van der Waals surface area contributed by atoms with E-state index >= 15 is 0 Å². The average molecular weight is 485 g/mol. The summed E-state index contributed by atoms with van der Waals surface area (Å²) in [5, 5.41) is 2.93. The standard InChI is InChI=1S/C27H40N4O4/c1-18(2)6-11-24(33)31-17-23(32)26-22(31)13-15-30(26)25(34)16-19(3)12-14-28-27(35)20-7-9-21(10-8-20)29(4)5/h7-10,18-19,22,26H,6,11-17H2,1-5H3,(H,28,35). The molecule has 2 fully saturated rings. The Balaban J connectivity index is 1.45. The maximum absolute atomic E-state index is 13.0. The van der Waals surface area contributed by atoms with Crippen LogP contribution in [0.3, 0.4) is 0 Å². The number of anilines is 1. The summed E-state index contributed by atoms with van der Waals surface area (Å²) >= 11 is 0. The van der Waals surface area contributed by atoms with Crippen molar-refractivity contribution in [1.29, 1.82) is 0 Å². The number of nitrogens with zero attached hydrogens (tertiary/aromatic N) is 3. The quantitative estimate of drug-likeness (QED) is 0.552. The highest BCUT2D eigenvalue weighted by molar-refractivity contribution is 5.97. The molecule has 0 aliphatic carbocycles. The molecular formula is C27H40N4O4. The molecule has 2 heterocycles. The van der Waals surface area contributed by atoms with Gasteiger partial charge >= 0.3 is 0 Å². The lowest BCUT2D eigenvalue weighted by atomic mass is 10.0. The van der Waals surface area contributed by atoms with Crippen LogP contribution in [-0.2, 0) is 14.4 Å². The van der Waals surface area contributed by atoms with E-state index in [0.717, 1.165) is 12.1 Å². The highest BCUT2D eigenvalue weighted by Gasteiger charge is 2.50. The van der Waals surface area contributed by atoms with E-state index in [2.05, 4.69) is 19.2 Å². The van der Waals surface area contributed by atoms with Crippen LogP contribution >= 0.6 is 0 Å². The van der Waals surface area contributed by atoms with Crippen LogP contribution in [0.25, 0.3) is 0 Å². The Morgan fingerprint density at radius 1 is 1.03 bits per heavy atom. The Labute approximate surface area is 209 Å². The van der Waals surface area contributed by atoms with Crippen molar-refractivity contribution < 1.29 is 19.2 Å². The maximum Gasteiger partial charge on any atom is 0.251 e. The Bertz CT molecular complexity index is 928. The first-order valence-electron chi connectivity index (χ1n) is 12.8. The van der Waals surface area contributed by atoms with E-state index in [-0.39, 0.29) is 42.0 Å². The first-order chi connectivity index (χ1) is 16.6. The van der Waals surface area contributed by atoms with Crippen LogP contribution in [-0.4, -0.2) is 79.1 Å². The van der Waals surface area contributed by atoms with Crippen molar-refractivity contribution in [2.45, 2.75) is 65.0 Å². The first-order valence-corrected chi connectivity index (χ1v) is 12.8. The first kappa shape index (κ1) is 26.7. The van der Waals surface area contributed by atoms with Crippen molar-refractivity contribution in [2.75, 3.05) is 38.6 Å². The third-order valence-corrected chi connectivity index (χ3v) is 7.09. The molecule has 8 nitrogen and oxygen atoms in total. The summed E-state index contributed by atoms with van der Waals surface area (Å²) in [5.74, 6) is 0.325. The van der Waals surface area contributed by atoms with Crippen molar-refractivity contribution in [2.24, 2.45) is 11.8 Å². The zero-order valence-electron chi connectivity index (χ0n) is 21.8. The van der Waals surface area contributed by atoms with Gasteiger partial charge < -0.3 is 20.0 Å². The number of rotatable bonds is 10. The van der Waals surface area contributed by atoms with E-state index in [1.54, 1.807) is 21.9 Å². The van der Waals surface area contributed by atoms with Crippen molar-refractivity contribution in [1.82, 2.24) is 15.1 Å². The highest BCUT2D eigenvalue weighted by atomic mass is 16.2.